The van der Waals surface area contributed by atoms with Crippen LogP contribution < -0.4 is 5.32 Å². The van der Waals surface area contributed by atoms with E-state index >= 15 is 0 Å². The quantitative estimate of drug-likeness (QED) is 0.490. The lowest BCUT2D eigenvalue weighted by Crippen LogP contribution is -2.17. The zero-order valence-corrected chi connectivity index (χ0v) is 16.3. The lowest BCUT2D eigenvalue weighted by molar-refractivity contribution is -0.115. The minimum absolute atomic E-state index is 0.137. The molecule has 26 heavy (non-hydrogen) atoms. The summed E-state index contributed by atoms with van der Waals surface area (Å²) in [6, 6.07) is 16.1. The third-order valence-corrected chi connectivity index (χ3v) is 6.01. The van der Waals surface area contributed by atoms with Crippen LogP contribution in [0, 0.1) is 6.92 Å². The highest BCUT2D eigenvalue weighted by Crippen LogP contribution is 2.33. The van der Waals surface area contributed by atoms with Crippen molar-refractivity contribution in [2.75, 3.05) is 0 Å². The van der Waals surface area contributed by atoms with Crippen molar-refractivity contribution in [3.8, 4) is 0 Å². The molecule has 2 heterocycles. The molecule has 1 N–H and O–H groups in total. The largest absolute Gasteiger partial charge is 0.340 e. The van der Waals surface area contributed by atoms with E-state index in [0.29, 0.717) is 15.8 Å². The molecule has 1 aliphatic heterocycles. The number of carbonyl (C=O) groups excluding carboxylic acids is 1. The molecule has 130 valence electrons. The number of nitrogens with one attached hydrogen (secondary N) is 1. The molecule has 6 heteroatoms. The Balaban J connectivity index is 1.87. The molecular weight excluding hydrogens is 384 g/mol. The van der Waals surface area contributed by atoms with E-state index in [-0.39, 0.29) is 5.91 Å². The van der Waals surface area contributed by atoms with Crippen LogP contribution in [0.4, 0.5) is 0 Å². The minimum atomic E-state index is -0.137. The van der Waals surface area contributed by atoms with Crippen molar-refractivity contribution < 1.29 is 4.79 Å². The van der Waals surface area contributed by atoms with E-state index in [9.17, 15) is 4.79 Å². The Morgan fingerprint density at radius 3 is 2.65 bits per heavy atom. The van der Waals surface area contributed by atoms with Gasteiger partial charge in [-0.05, 0) is 30.7 Å². The van der Waals surface area contributed by atoms with Crippen molar-refractivity contribution in [3.63, 3.8) is 0 Å². The zero-order valence-electron chi connectivity index (χ0n) is 14.0. The predicted molar refractivity (Wildman–Crippen MR) is 114 cm³/mol. The lowest BCUT2D eigenvalue weighted by Gasteiger charge is -2.10. The average molecular weight is 399 g/mol. The van der Waals surface area contributed by atoms with Crippen molar-refractivity contribution in [2.24, 2.45) is 0 Å². The van der Waals surface area contributed by atoms with E-state index in [1.54, 1.807) is 0 Å². The van der Waals surface area contributed by atoms with E-state index < -0.39 is 0 Å². The van der Waals surface area contributed by atoms with Crippen LogP contribution >= 0.6 is 35.6 Å². The number of hydrogen-bond donors (Lipinski definition) is 1. The van der Waals surface area contributed by atoms with Crippen molar-refractivity contribution >= 4 is 62.8 Å². The van der Waals surface area contributed by atoms with Gasteiger partial charge in [0.05, 0.1) is 4.91 Å². The Morgan fingerprint density at radius 1 is 1.19 bits per heavy atom. The summed E-state index contributed by atoms with van der Waals surface area (Å²) in [5.41, 5.74) is 4.30. The van der Waals surface area contributed by atoms with E-state index in [0.717, 1.165) is 32.7 Å². The van der Waals surface area contributed by atoms with Gasteiger partial charge in [0, 0.05) is 33.7 Å². The molecule has 0 aliphatic carbocycles. The van der Waals surface area contributed by atoms with Gasteiger partial charge in [0.25, 0.3) is 5.91 Å². The van der Waals surface area contributed by atoms with Crippen LogP contribution in [-0.2, 0) is 11.3 Å². The fraction of sp³-hybridized carbons (Fsp3) is 0.100. The molecule has 0 radical (unpaired) electrons. The molecule has 1 amide bonds. The summed E-state index contributed by atoms with van der Waals surface area (Å²) in [4.78, 5) is 12.7. The maximum Gasteiger partial charge on any atom is 0.263 e. The fourth-order valence-corrected chi connectivity index (χ4v) is 4.41. The van der Waals surface area contributed by atoms with Crippen molar-refractivity contribution in [1.29, 1.82) is 0 Å². The van der Waals surface area contributed by atoms with Crippen molar-refractivity contribution in [2.45, 2.75) is 13.5 Å². The molecule has 1 aliphatic rings. The number of para-hydroxylation sites is 1. The van der Waals surface area contributed by atoms with Gasteiger partial charge >= 0.3 is 0 Å². The Morgan fingerprint density at radius 2 is 1.92 bits per heavy atom. The first-order chi connectivity index (χ1) is 12.5. The molecule has 0 unspecified atom stereocenters. The first-order valence-corrected chi connectivity index (χ1v) is 9.71. The minimum Gasteiger partial charge on any atom is -0.340 e. The predicted octanol–water partition coefficient (Wildman–Crippen LogP) is 5.14. The number of fused-ring (bicyclic) bond motifs is 1. The van der Waals surface area contributed by atoms with Gasteiger partial charge in [-0.2, -0.15) is 0 Å². The van der Waals surface area contributed by atoms with E-state index in [1.807, 2.05) is 42.5 Å². The molecule has 1 saturated heterocycles. The summed E-state index contributed by atoms with van der Waals surface area (Å²) in [7, 11) is 0. The first kappa shape index (κ1) is 17.3. The van der Waals surface area contributed by atoms with Crippen LogP contribution in [0.2, 0.25) is 5.02 Å². The van der Waals surface area contributed by atoms with Crippen LogP contribution in [0.1, 0.15) is 16.8 Å². The number of thiocarbonyl (C=S) groups is 1. The van der Waals surface area contributed by atoms with Gasteiger partial charge in [0.15, 0.2) is 0 Å². The Kier molecular flexibility index (Phi) is 4.61. The molecule has 1 fully saturated rings. The maximum absolute atomic E-state index is 12.1. The highest BCUT2D eigenvalue weighted by molar-refractivity contribution is 8.26. The average Bonchev–Trinajstić information content (AvgIpc) is 3.08. The first-order valence-electron chi connectivity index (χ1n) is 8.10. The van der Waals surface area contributed by atoms with E-state index in [1.165, 1.54) is 11.8 Å². The third-order valence-electron chi connectivity index (χ3n) is 4.48. The standard InChI is InChI=1S/C20H15ClN2OS2/c1-12-15(10-18-19(24)22-20(25)26-18)14-7-3-5-9-17(14)23(12)11-13-6-2-4-8-16(13)21/h2-10H,11H2,1H3,(H,22,24,25). The molecule has 1 aromatic heterocycles. The summed E-state index contributed by atoms with van der Waals surface area (Å²) in [5.74, 6) is -0.137. The smallest absolute Gasteiger partial charge is 0.263 e. The Hall–Kier alpha value is -2.08. The summed E-state index contributed by atoms with van der Waals surface area (Å²) < 4.78 is 2.73. The summed E-state index contributed by atoms with van der Waals surface area (Å²) in [6.45, 7) is 2.74. The second kappa shape index (κ2) is 6.91. The molecule has 3 aromatic rings. The second-order valence-electron chi connectivity index (χ2n) is 6.05. The van der Waals surface area contributed by atoms with Gasteiger partial charge in [0.2, 0.25) is 0 Å². The number of carbonyl (C=O) groups is 1. The van der Waals surface area contributed by atoms with Crippen LogP contribution in [0.3, 0.4) is 0 Å². The van der Waals surface area contributed by atoms with Crippen LogP contribution in [-0.4, -0.2) is 14.8 Å². The number of aromatic nitrogens is 1. The fourth-order valence-electron chi connectivity index (χ4n) is 3.19. The monoisotopic (exact) mass is 398 g/mol. The van der Waals surface area contributed by atoms with E-state index in [4.69, 9.17) is 23.8 Å². The number of amides is 1. The molecule has 2 aromatic carbocycles. The number of hydrogen-bond acceptors (Lipinski definition) is 3. The van der Waals surface area contributed by atoms with Gasteiger partial charge in [0.1, 0.15) is 4.32 Å². The number of nitrogens with zero attached hydrogens (tertiary/aromatic N) is 1. The van der Waals surface area contributed by atoms with Crippen LogP contribution in [0.15, 0.2) is 53.4 Å². The summed E-state index contributed by atoms with van der Waals surface area (Å²) in [6.07, 6.45) is 1.93. The van der Waals surface area contributed by atoms with Crippen LogP contribution in [0.5, 0.6) is 0 Å². The number of benzene rings is 2. The Labute approximate surface area is 166 Å². The van der Waals surface area contributed by atoms with Gasteiger partial charge in [-0.15, -0.1) is 0 Å². The van der Waals surface area contributed by atoms with Crippen molar-refractivity contribution in [3.05, 3.63) is 75.3 Å². The number of thioether (sulfide) groups is 1. The van der Waals surface area contributed by atoms with Crippen molar-refractivity contribution in [1.82, 2.24) is 9.88 Å². The third kappa shape index (κ3) is 3.07. The summed E-state index contributed by atoms with van der Waals surface area (Å²) in [5, 5.41) is 4.53. The normalized spacial score (nSPS) is 15.8. The van der Waals surface area contributed by atoms with Gasteiger partial charge < -0.3 is 9.88 Å². The highest BCUT2D eigenvalue weighted by atomic mass is 35.5. The van der Waals surface area contributed by atoms with Crippen LogP contribution in [0.25, 0.3) is 17.0 Å². The SMILES string of the molecule is Cc1c(C=C2SC(=S)NC2=O)c2ccccc2n1Cc1ccccc1Cl. The van der Waals surface area contributed by atoms with Gasteiger partial charge in [-0.3, -0.25) is 4.79 Å². The number of rotatable bonds is 3. The molecule has 0 atom stereocenters. The lowest BCUT2D eigenvalue weighted by atomic mass is 10.1. The second-order valence-corrected chi connectivity index (χ2v) is 8.17. The number of halogens is 1. The molecule has 4 rings (SSSR count). The zero-order chi connectivity index (χ0) is 18.3. The topological polar surface area (TPSA) is 34.0 Å². The molecule has 3 nitrogen and oxygen atoms in total. The molecule has 0 saturated carbocycles. The Bertz CT molecular complexity index is 1080. The highest BCUT2D eigenvalue weighted by Gasteiger charge is 2.23. The van der Waals surface area contributed by atoms with E-state index in [2.05, 4.69) is 28.9 Å². The maximum atomic E-state index is 12.1. The molecule has 0 spiro atoms. The van der Waals surface area contributed by atoms with Gasteiger partial charge in [-0.25, -0.2) is 0 Å². The molecular formula is C20H15ClN2OS2. The summed E-state index contributed by atoms with van der Waals surface area (Å²) >= 11 is 12.8. The molecule has 0 bridgehead atoms. The van der Waals surface area contributed by atoms with Gasteiger partial charge in [-0.1, -0.05) is 72.0 Å².